The number of amides is 2. The summed E-state index contributed by atoms with van der Waals surface area (Å²) in [5, 5.41) is 3.48. The standard InChI is InChI=1S/C12H13N3O2/c13-12(16)15-6-7-17-10-3-4-11-9(8-10)2-1-5-14-11/h1-5,8H,6-7H2,(H3,13,15,16). The van der Waals surface area contributed by atoms with E-state index in [9.17, 15) is 4.79 Å². The van der Waals surface area contributed by atoms with Crippen LogP contribution in [0, 0.1) is 0 Å². The number of carbonyl (C=O) groups is 1. The number of urea groups is 1. The normalized spacial score (nSPS) is 10.1. The number of rotatable bonds is 4. The van der Waals surface area contributed by atoms with Crippen LogP contribution in [-0.2, 0) is 0 Å². The Hall–Kier alpha value is -2.30. The van der Waals surface area contributed by atoms with E-state index in [1.807, 2.05) is 30.3 Å². The van der Waals surface area contributed by atoms with Crippen LogP contribution < -0.4 is 15.8 Å². The van der Waals surface area contributed by atoms with Gasteiger partial charge in [0.15, 0.2) is 0 Å². The molecule has 0 aliphatic heterocycles. The van der Waals surface area contributed by atoms with Gasteiger partial charge in [0.1, 0.15) is 12.4 Å². The summed E-state index contributed by atoms with van der Waals surface area (Å²) < 4.78 is 5.47. The Balaban J connectivity index is 1.97. The van der Waals surface area contributed by atoms with Crippen LogP contribution in [0.5, 0.6) is 5.75 Å². The molecule has 0 aliphatic rings. The summed E-state index contributed by atoms with van der Waals surface area (Å²) in [4.78, 5) is 14.6. The third kappa shape index (κ3) is 3.07. The molecule has 2 amide bonds. The molecule has 0 aliphatic carbocycles. The summed E-state index contributed by atoms with van der Waals surface area (Å²) in [6.45, 7) is 0.773. The number of fused-ring (bicyclic) bond motifs is 1. The second kappa shape index (κ2) is 5.16. The average molecular weight is 231 g/mol. The molecular formula is C12H13N3O2. The molecule has 0 saturated heterocycles. The number of nitrogens with two attached hydrogens (primary N) is 1. The van der Waals surface area contributed by atoms with Crippen molar-refractivity contribution >= 4 is 16.9 Å². The van der Waals surface area contributed by atoms with Crippen LogP contribution in [-0.4, -0.2) is 24.2 Å². The van der Waals surface area contributed by atoms with Crippen LogP contribution in [0.25, 0.3) is 10.9 Å². The van der Waals surface area contributed by atoms with Crippen LogP contribution in [0.2, 0.25) is 0 Å². The fourth-order valence-electron chi connectivity index (χ4n) is 1.49. The largest absolute Gasteiger partial charge is 0.492 e. The third-order valence-electron chi connectivity index (χ3n) is 2.24. The maximum absolute atomic E-state index is 10.4. The molecule has 5 heteroatoms. The van der Waals surface area contributed by atoms with Crippen molar-refractivity contribution in [1.29, 1.82) is 0 Å². The maximum Gasteiger partial charge on any atom is 0.312 e. The number of carbonyl (C=O) groups excluding carboxylic acids is 1. The minimum absolute atomic E-state index is 0.384. The molecule has 88 valence electrons. The molecule has 0 fully saturated rings. The van der Waals surface area contributed by atoms with E-state index >= 15 is 0 Å². The predicted octanol–water partition coefficient (Wildman–Crippen LogP) is 1.28. The molecule has 17 heavy (non-hydrogen) atoms. The van der Waals surface area contributed by atoms with Crippen molar-refractivity contribution in [3.63, 3.8) is 0 Å². The highest BCUT2D eigenvalue weighted by atomic mass is 16.5. The summed E-state index contributed by atoms with van der Waals surface area (Å²) in [6, 6.07) is 8.95. The number of nitrogens with one attached hydrogen (secondary N) is 1. The molecular weight excluding hydrogens is 218 g/mol. The first-order valence-corrected chi connectivity index (χ1v) is 5.26. The Morgan fingerprint density at radius 2 is 2.29 bits per heavy atom. The van der Waals surface area contributed by atoms with Crippen molar-refractivity contribution in [2.45, 2.75) is 0 Å². The number of pyridine rings is 1. The van der Waals surface area contributed by atoms with Gasteiger partial charge in [-0.25, -0.2) is 4.79 Å². The lowest BCUT2D eigenvalue weighted by atomic mass is 10.2. The molecule has 0 unspecified atom stereocenters. The van der Waals surface area contributed by atoms with Crippen molar-refractivity contribution in [3.8, 4) is 5.75 Å². The quantitative estimate of drug-likeness (QED) is 0.778. The van der Waals surface area contributed by atoms with Gasteiger partial charge < -0.3 is 15.8 Å². The highest BCUT2D eigenvalue weighted by Gasteiger charge is 1.98. The highest BCUT2D eigenvalue weighted by Crippen LogP contribution is 2.18. The van der Waals surface area contributed by atoms with Gasteiger partial charge in [0.25, 0.3) is 0 Å². The van der Waals surface area contributed by atoms with Crippen molar-refractivity contribution in [2.24, 2.45) is 5.73 Å². The Morgan fingerprint density at radius 1 is 1.41 bits per heavy atom. The maximum atomic E-state index is 10.4. The van der Waals surface area contributed by atoms with Gasteiger partial charge >= 0.3 is 6.03 Å². The molecule has 2 rings (SSSR count). The number of ether oxygens (including phenoxy) is 1. The molecule has 1 aromatic carbocycles. The molecule has 0 bridgehead atoms. The Labute approximate surface area is 98.6 Å². The highest BCUT2D eigenvalue weighted by molar-refractivity contribution is 5.79. The van der Waals surface area contributed by atoms with Crippen LogP contribution >= 0.6 is 0 Å². The van der Waals surface area contributed by atoms with Gasteiger partial charge in [-0.3, -0.25) is 4.98 Å². The number of hydrogen-bond donors (Lipinski definition) is 2. The molecule has 0 saturated carbocycles. The van der Waals surface area contributed by atoms with Crippen LogP contribution in [0.3, 0.4) is 0 Å². The molecule has 5 nitrogen and oxygen atoms in total. The van der Waals surface area contributed by atoms with E-state index in [1.165, 1.54) is 0 Å². The van der Waals surface area contributed by atoms with Gasteiger partial charge in [-0.2, -0.15) is 0 Å². The summed E-state index contributed by atoms with van der Waals surface area (Å²) in [5.41, 5.74) is 5.86. The first kappa shape index (κ1) is 11.2. The number of hydrogen-bond acceptors (Lipinski definition) is 3. The van der Waals surface area contributed by atoms with E-state index in [4.69, 9.17) is 10.5 Å². The van der Waals surface area contributed by atoms with Gasteiger partial charge in [-0.1, -0.05) is 6.07 Å². The Morgan fingerprint density at radius 3 is 3.12 bits per heavy atom. The zero-order valence-corrected chi connectivity index (χ0v) is 9.22. The zero-order chi connectivity index (χ0) is 12.1. The smallest absolute Gasteiger partial charge is 0.312 e. The predicted molar refractivity (Wildman–Crippen MR) is 64.8 cm³/mol. The number of nitrogens with zero attached hydrogens (tertiary/aromatic N) is 1. The number of primary amides is 1. The second-order valence-electron chi connectivity index (χ2n) is 3.50. The molecule has 0 atom stereocenters. The van der Waals surface area contributed by atoms with E-state index in [0.717, 1.165) is 16.7 Å². The van der Waals surface area contributed by atoms with Crippen molar-refractivity contribution in [1.82, 2.24) is 10.3 Å². The van der Waals surface area contributed by atoms with E-state index in [-0.39, 0.29) is 0 Å². The van der Waals surface area contributed by atoms with Crippen LogP contribution in [0.1, 0.15) is 0 Å². The molecule has 0 spiro atoms. The van der Waals surface area contributed by atoms with Gasteiger partial charge in [0.05, 0.1) is 12.1 Å². The van der Waals surface area contributed by atoms with Gasteiger partial charge in [0.2, 0.25) is 0 Å². The van der Waals surface area contributed by atoms with Gasteiger partial charge in [-0.15, -0.1) is 0 Å². The van der Waals surface area contributed by atoms with Crippen LogP contribution in [0.15, 0.2) is 36.5 Å². The topological polar surface area (TPSA) is 77.2 Å². The van der Waals surface area contributed by atoms with E-state index in [2.05, 4.69) is 10.3 Å². The molecule has 2 aromatic rings. The van der Waals surface area contributed by atoms with Gasteiger partial charge in [0, 0.05) is 11.6 Å². The number of aromatic nitrogens is 1. The van der Waals surface area contributed by atoms with Crippen molar-refractivity contribution in [2.75, 3.05) is 13.2 Å². The monoisotopic (exact) mass is 231 g/mol. The third-order valence-corrected chi connectivity index (χ3v) is 2.24. The van der Waals surface area contributed by atoms with E-state index in [1.54, 1.807) is 6.20 Å². The fourth-order valence-corrected chi connectivity index (χ4v) is 1.49. The Kier molecular flexibility index (Phi) is 3.40. The van der Waals surface area contributed by atoms with E-state index < -0.39 is 6.03 Å². The minimum Gasteiger partial charge on any atom is -0.492 e. The summed E-state index contributed by atoms with van der Waals surface area (Å²) in [6.07, 6.45) is 1.75. The summed E-state index contributed by atoms with van der Waals surface area (Å²) in [5.74, 6) is 0.747. The van der Waals surface area contributed by atoms with E-state index in [0.29, 0.717) is 13.2 Å². The first-order chi connectivity index (χ1) is 8.25. The molecule has 1 aromatic heterocycles. The van der Waals surface area contributed by atoms with Crippen molar-refractivity contribution in [3.05, 3.63) is 36.5 Å². The fraction of sp³-hybridized carbons (Fsp3) is 0.167. The lowest BCUT2D eigenvalue weighted by molar-refractivity contribution is 0.244. The SMILES string of the molecule is NC(=O)NCCOc1ccc2ncccc2c1. The van der Waals surface area contributed by atoms with Crippen molar-refractivity contribution < 1.29 is 9.53 Å². The van der Waals surface area contributed by atoms with Gasteiger partial charge in [-0.05, 0) is 24.3 Å². The first-order valence-electron chi connectivity index (χ1n) is 5.26. The molecule has 0 radical (unpaired) electrons. The molecule has 1 heterocycles. The Bertz CT molecular complexity index is 528. The summed E-state index contributed by atoms with van der Waals surface area (Å²) >= 11 is 0. The lowest BCUT2D eigenvalue weighted by Crippen LogP contribution is -2.32. The van der Waals surface area contributed by atoms with Crippen LogP contribution in [0.4, 0.5) is 4.79 Å². The minimum atomic E-state index is -0.545. The summed E-state index contributed by atoms with van der Waals surface area (Å²) in [7, 11) is 0. The molecule has 3 N–H and O–H groups in total. The average Bonchev–Trinajstić information content (AvgIpc) is 2.34. The second-order valence-corrected chi connectivity index (χ2v) is 3.50. The lowest BCUT2D eigenvalue weighted by Gasteiger charge is -2.07. The number of benzene rings is 1. The zero-order valence-electron chi connectivity index (χ0n) is 9.22.